The summed E-state index contributed by atoms with van der Waals surface area (Å²) in [6.07, 6.45) is -3.36. The number of carbonyl (C=O) groups is 1. The third-order valence-electron chi connectivity index (χ3n) is 4.48. The van der Waals surface area contributed by atoms with Gasteiger partial charge in [0.1, 0.15) is 5.82 Å². The predicted octanol–water partition coefficient (Wildman–Crippen LogP) is 5.09. The lowest BCUT2D eigenvalue weighted by Gasteiger charge is -2.15. The van der Waals surface area contributed by atoms with E-state index in [0.717, 1.165) is 12.1 Å². The van der Waals surface area contributed by atoms with E-state index in [1.54, 1.807) is 19.1 Å². The van der Waals surface area contributed by atoms with Crippen LogP contribution in [0.1, 0.15) is 42.8 Å². The molecule has 0 radical (unpaired) electrons. The first-order valence-electron chi connectivity index (χ1n) is 9.27. The lowest BCUT2D eigenvalue weighted by molar-refractivity contribution is -0.137. The number of benzene rings is 2. The smallest absolute Gasteiger partial charge is 0.350 e. The van der Waals surface area contributed by atoms with E-state index in [1.165, 1.54) is 24.3 Å². The molecule has 1 amide bonds. The standard InChI is InChI=1S/C21H19F4N3O2/c1-13(14-5-9-16(10-6-14)21(23,24)25)26-18(29)3-2-4-19-27-20(28-30-19)15-7-11-17(22)12-8-15/h5-13H,2-4H2,1H3,(H,26,29). The van der Waals surface area contributed by atoms with Crippen LogP contribution in [-0.4, -0.2) is 16.0 Å². The molecule has 2 aromatic carbocycles. The summed E-state index contributed by atoms with van der Waals surface area (Å²) < 4.78 is 56.0. The zero-order valence-corrected chi connectivity index (χ0v) is 16.0. The summed E-state index contributed by atoms with van der Waals surface area (Å²) >= 11 is 0. The maximum atomic E-state index is 13.0. The van der Waals surface area contributed by atoms with Crippen LogP contribution in [0.2, 0.25) is 0 Å². The average molecular weight is 421 g/mol. The van der Waals surface area contributed by atoms with Crippen molar-refractivity contribution in [3.8, 4) is 11.4 Å². The van der Waals surface area contributed by atoms with E-state index < -0.39 is 17.8 Å². The fourth-order valence-electron chi connectivity index (χ4n) is 2.83. The number of carbonyl (C=O) groups excluding carboxylic acids is 1. The molecule has 0 saturated heterocycles. The van der Waals surface area contributed by atoms with Crippen LogP contribution >= 0.6 is 0 Å². The largest absolute Gasteiger partial charge is 0.416 e. The van der Waals surface area contributed by atoms with Crippen molar-refractivity contribution in [1.29, 1.82) is 0 Å². The molecule has 0 saturated carbocycles. The third kappa shape index (κ3) is 5.65. The third-order valence-corrected chi connectivity index (χ3v) is 4.48. The molecule has 30 heavy (non-hydrogen) atoms. The van der Waals surface area contributed by atoms with Gasteiger partial charge in [-0.25, -0.2) is 4.39 Å². The molecule has 5 nitrogen and oxygen atoms in total. The van der Waals surface area contributed by atoms with Gasteiger partial charge >= 0.3 is 6.18 Å². The number of hydrogen-bond donors (Lipinski definition) is 1. The topological polar surface area (TPSA) is 68.0 Å². The van der Waals surface area contributed by atoms with Gasteiger partial charge in [-0.05, 0) is 55.3 Å². The second-order valence-corrected chi connectivity index (χ2v) is 6.78. The number of aromatic nitrogens is 2. The van der Waals surface area contributed by atoms with Crippen molar-refractivity contribution in [2.24, 2.45) is 0 Å². The van der Waals surface area contributed by atoms with Gasteiger partial charge in [-0.2, -0.15) is 18.2 Å². The summed E-state index contributed by atoms with van der Waals surface area (Å²) in [5, 5.41) is 6.59. The monoisotopic (exact) mass is 421 g/mol. The van der Waals surface area contributed by atoms with Crippen LogP contribution in [0.25, 0.3) is 11.4 Å². The molecule has 3 aromatic rings. The van der Waals surface area contributed by atoms with Crippen LogP contribution in [0.4, 0.5) is 17.6 Å². The van der Waals surface area contributed by atoms with Gasteiger partial charge in [-0.3, -0.25) is 4.79 Å². The van der Waals surface area contributed by atoms with Crippen molar-refractivity contribution < 1.29 is 26.9 Å². The van der Waals surface area contributed by atoms with Crippen molar-refractivity contribution >= 4 is 5.91 Å². The Morgan fingerprint density at radius 3 is 2.40 bits per heavy atom. The number of hydrogen-bond acceptors (Lipinski definition) is 4. The van der Waals surface area contributed by atoms with Crippen LogP contribution in [0.5, 0.6) is 0 Å². The predicted molar refractivity (Wildman–Crippen MR) is 101 cm³/mol. The number of amides is 1. The molecule has 1 heterocycles. The van der Waals surface area contributed by atoms with Gasteiger partial charge in [0.05, 0.1) is 11.6 Å². The Balaban J connectivity index is 1.46. The number of aryl methyl sites for hydroxylation is 1. The summed E-state index contributed by atoms with van der Waals surface area (Å²) in [5.74, 6) is 0.1000. The highest BCUT2D eigenvalue weighted by molar-refractivity contribution is 5.76. The van der Waals surface area contributed by atoms with Crippen LogP contribution in [0.15, 0.2) is 53.1 Å². The van der Waals surface area contributed by atoms with Gasteiger partial charge in [-0.1, -0.05) is 17.3 Å². The molecule has 0 aliphatic rings. The Morgan fingerprint density at radius 1 is 1.10 bits per heavy atom. The molecular weight excluding hydrogens is 402 g/mol. The molecule has 0 bridgehead atoms. The van der Waals surface area contributed by atoms with Crippen molar-refractivity contribution in [2.75, 3.05) is 0 Å². The summed E-state index contributed by atoms with van der Waals surface area (Å²) in [7, 11) is 0. The Hall–Kier alpha value is -3.23. The fourth-order valence-corrected chi connectivity index (χ4v) is 2.83. The Bertz CT molecular complexity index is 983. The van der Waals surface area contributed by atoms with Crippen molar-refractivity contribution in [3.63, 3.8) is 0 Å². The summed E-state index contributed by atoms with van der Waals surface area (Å²) in [6, 6.07) is 9.94. The van der Waals surface area contributed by atoms with E-state index in [2.05, 4.69) is 15.5 Å². The zero-order chi connectivity index (χ0) is 21.7. The van der Waals surface area contributed by atoms with Crippen molar-refractivity contribution in [2.45, 2.75) is 38.4 Å². The first-order chi connectivity index (χ1) is 14.2. The van der Waals surface area contributed by atoms with Crippen LogP contribution in [0.3, 0.4) is 0 Å². The summed E-state index contributed by atoms with van der Waals surface area (Å²) in [4.78, 5) is 16.3. The molecule has 3 rings (SSSR count). The highest BCUT2D eigenvalue weighted by atomic mass is 19.4. The second kappa shape index (κ2) is 9.06. The maximum Gasteiger partial charge on any atom is 0.416 e. The molecule has 1 N–H and O–H groups in total. The summed E-state index contributed by atoms with van der Waals surface area (Å²) in [5.41, 5.74) is 0.469. The van der Waals surface area contributed by atoms with Crippen molar-refractivity contribution in [3.05, 3.63) is 71.4 Å². The van der Waals surface area contributed by atoms with E-state index in [1.807, 2.05) is 0 Å². The Kier molecular flexibility index (Phi) is 6.49. The van der Waals surface area contributed by atoms with E-state index in [0.29, 0.717) is 35.7 Å². The van der Waals surface area contributed by atoms with Crippen LogP contribution < -0.4 is 5.32 Å². The normalized spacial score (nSPS) is 12.6. The van der Waals surface area contributed by atoms with Gasteiger partial charge in [-0.15, -0.1) is 0 Å². The molecular formula is C21H19F4N3O2. The SMILES string of the molecule is CC(NC(=O)CCCc1nc(-c2ccc(F)cc2)no1)c1ccc(C(F)(F)F)cc1. The number of nitrogens with zero attached hydrogens (tertiary/aromatic N) is 2. The lowest BCUT2D eigenvalue weighted by Crippen LogP contribution is -2.26. The quantitative estimate of drug-likeness (QED) is 0.540. The lowest BCUT2D eigenvalue weighted by atomic mass is 10.1. The molecule has 1 unspecified atom stereocenters. The van der Waals surface area contributed by atoms with E-state index in [9.17, 15) is 22.4 Å². The van der Waals surface area contributed by atoms with Gasteiger partial charge in [0.25, 0.3) is 0 Å². The Labute approximate surface area is 170 Å². The molecule has 158 valence electrons. The number of alkyl halides is 3. The minimum Gasteiger partial charge on any atom is -0.350 e. The van der Waals surface area contributed by atoms with E-state index in [4.69, 9.17) is 4.52 Å². The zero-order valence-electron chi connectivity index (χ0n) is 16.0. The minimum absolute atomic E-state index is 0.194. The van der Waals surface area contributed by atoms with E-state index in [-0.39, 0.29) is 18.1 Å². The molecule has 0 aliphatic carbocycles. The number of rotatable bonds is 7. The van der Waals surface area contributed by atoms with Gasteiger partial charge < -0.3 is 9.84 Å². The molecule has 1 aromatic heterocycles. The molecule has 0 fully saturated rings. The minimum atomic E-state index is -4.39. The molecule has 0 spiro atoms. The molecule has 0 aliphatic heterocycles. The second-order valence-electron chi connectivity index (χ2n) is 6.78. The maximum absolute atomic E-state index is 13.0. The first-order valence-corrected chi connectivity index (χ1v) is 9.27. The van der Waals surface area contributed by atoms with Gasteiger partial charge in [0, 0.05) is 18.4 Å². The average Bonchev–Trinajstić information content (AvgIpc) is 3.17. The number of nitrogens with one attached hydrogen (secondary N) is 1. The van der Waals surface area contributed by atoms with E-state index >= 15 is 0 Å². The van der Waals surface area contributed by atoms with Gasteiger partial charge in [0.15, 0.2) is 0 Å². The number of halogens is 4. The highest BCUT2D eigenvalue weighted by Crippen LogP contribution is 2.29. The van der Waals surface area contributed by atoms with Crippen molar-refractivity contribution in [1.82, 2.24) is 15.5 Å². The molecule has 1 atom stereocenters. The first kappa shape index (κ1) is 21.5. The summed E-state index contributed by atoms with van der Waals surface area (Å²) in [6.45, 7) is 1.70. The van der Waals surface area contributed by atoms with Gasteiger partial charge in [0.2, 0.25) is 17.6 Å². The molecule has 9 heteroatoms. The fraction of sp³-hybridized carbons (Fsp3) is 0.286. The highest BCUT2D eigenvalue weighted by Gasteiger charge is 2.30. The van der Waals surface area contributed by atoms with Crippen LogP contribution in [-0.2, 0) is 17.4 Å². The van der Waals surface area contributed by atoms with Crippen LogP contribution in [0, 0.1) is 5.82 Å². The Morgan fingerprint density at radius 2 is 1.77 bits per heavy atom.